The fourth-order valence-electron chi connectivity index (χ4n) is 3.56. The van der Waals surface area contributed by atoms with Gasteiger partial charge in [0, 0.05) is 16.5 Å². The van der Waals surface area contributed by atoms with E-state index in [0.29, 0.717) is 22.9 Å². The largest absolute Gasteiger partial charge is 0.206 e. The van der Waals surface area contributed by atoms with Crippen LogP contribution in [0.1, 0.15) is 41.2 Å². The summed E-state index contributed by atoms with van der Waals surface area (Å²) in [5.41, 5.74) is -0.296. The Morgan fingerprint density at radius 1 is 0.571 bits per heavy atom. The average Bonchev–Trinajstić information content (AvgIpc) is 2.80. The highest BCUT2D eigenvalue weighted by Crippen LogP contribution is 2.22. The Kier molecular flexibility index (Phi) is 6.85. The van der Waals surface area contributed by atoms with Gasteiger partial charge in [-0.1, -0.05) is 49.2 Å². The molecule has 0 saturated heterocycles. The lowest BCUT2D eigenvalue weighted by Crippen LogP contribution is -1.95. The SMILES string of the molecule is CCCc1cc(F)c(C#Cc2cc(F)c(C#Cc3ccc4c(F)c(F)ccc4c3)c(F)c2)c(F)c1. The van der Waals surface area contributed by atoms with E-state index in [4.69, 9.17) is 0 Å². The molecule has 0 atom stereocenters. The Bertz CT molecular complexity index is 1530. The van der Waals surface area contributed by atoms with E-state index in [0.717, 1.165) is 24.6 Å². The molecule has 6 heteroatoms. The van der Waals surface area contributed by atoms with E-state index in [1.807, 2.05) is 6.92 Å². The summed E-state index contributed by atoms with van der Waals surface area (Å²) in [6.07, 6.45) is 1.23. The molecule has 0 radical (unpaired) electrons. The predicted molar refractivity (Wildman–Crippen MR) is 123 cm³/mol. The van der Waals surface area contributed by atoms with Gasteiger partial charge in [0.25, 0.3) is 0 Å². The Hall–Kier alpha value is -4.16. The lowest BCUT2D eigenvalue weighted by molar-refractivity contribution is 0.517. The Balaban J connectivity index is 1.63. The summed E-state index contributed by atoms with van der Waals surface area (Å²) >= 11 is 0. The molecule has 0 spiro atoms. The first-order valence-corrected chi connectivity index (χ1v) is 10.7. The fraction of sp³-hybridized carbons (Fsp3) is 0.103. The van der Waals surface area contributed by atoms with Crippen molar-refractivity contribution in [3.8, 4) is 23.7 Å². The van der Waals surface area contributed by atoms with Crippen LogP contribution < -0.4 is 0 Å². The molecule has 0 aliphatic heterocycles. The van der Waals surface area contributed by atoms with Crippen LogP contribution in [-0.4, -0.2) is 0 Å². The standard InChI is InChI=1S/C29H16F6/c1-2-3-18-13-25(31)23(26(32)14-18)10-6-19-15-27(33)22(28(34)16-19)9-5-17-4-8-21-20(12-17)7-11-24(30)29(21)35/h4,7-8,11-16H,2-3H2,1H3. The average molecular weight is 478 g/mol. The summed E-state index contributed by atoms with van der Waals surface area (Å²) in [7, 11) is 0. The molecule has 0 heterocycles. The van der Waals surface area contributed by atoms with Gasteiger partial charge in [-0.05, 0) is 59.8 Å². The second-order valence-corrected chi connectivity index (χ2v) is 7.80. The highest BCUT2D eigenvalue weighted by atomic mass is 19.2. The van der Waals surface area contributed by atoms with Gasteiger partial charge in [0.2, 0.25) is 0 Å². The van der Waals surface area contributed by atoms with Crippen molar-refractivity contribution in [1.29, 1.82) is 0 Å². The van der Waals surface area contributed by atoms with Crippen molar-refractivity contribution in [2.24, 2.45) is 0 Å². The Morgan fingerprint density at radius 3 is 1.74 bits per heavy atom. The number of rotatable bonds is 2. The van der Waals surface area contributed by atoms with Crippen LogP contribution in [0.2, 0.25) is 0 Å². The van der Waals surface area contributed by atoms with Crippen LogP contribution >= 0.6 is 0 Å². The smallest absolute Gasteiger partial charge is 0.166 e. The zero-order valence-electron chi connectivity index (χ0n) is 18.4. The maximum atomic E-state index is 14.5. The van der Waals surface area contributed by atoms with Crippen LogP contribution in [0.5, 0.6) is 0 Å². The molecule has 0 aliphatic rings. The van der Waals surface area contributed by atoms with Gasteiger partial charge in [-0.3, -0.25) is 0 Å². The molecule has 35 heavy (non-hydrogen) atoms. The maximum Gasteiger partial charge on any atom is 0.166 e. The minimum absolute atomic E-state index is 0.0590. The molecular formula is C29H16F6. The zero-order chi connectivity index (χ0) is 25.1. The van der Waals surface area contributed by atoms with E-state index < -0.39 is 46.0 Å². The predicted octanol–water partition coefficient (Wildman–Crippen LogP) is 7.43. The van der Waals surface area contributed by atoms with Gasteiger partial charge in [0.15, 0.2) is 11.6 Å². The first-order chi connectivity index (χ1) is 16.8. The summed E-state index contributed by atoms with van der Waals surface area (Å²) in [5.74, 6) is 3.99. The van der Waals surface area contributed by atoms with Gasteiger partial charge in [0.05, 0.1) is 11.1 Å². The number of halogens is 6. The van der Waals surface area contributed by atoms with Crippen LogP contribution in [0.4, 0.5) is 26.3 Å². The lowest BCUT2D eigenvalue weighted by atomic mass is 10.0. The van der Waals surface area contributed by atoms with Crippen molar-refractivity contribution in [2.75, 3.05) is 0 Å². The van der Waals surface area contributed by atoms with Crippen molar-refractivity contribution in [2.45, 2.75) is 19.8 Å². The molecule has 0 fully saturated rings. The molecule has 0 aromatic heterocycles. The van der Waals surface area contributed by atoms with Crippen molar-refractivity contribution >= 4 is 10.8 Å². The molecule has 4 aromatic rings. The monoisotopic (exact) mass is 478 g/mol. The maximum absolute atomic E-state index is 14.5. The highest BCUT2D eigenvalue weighted by molar-refractivity contribution is 5.84. The Morgan fingerprint density at radius 2 is 1.14 bits per heavy atom. The van der Waals surface area contributed by atoms with Crippen molar-refractivity contribution in [3.63, 3.8) is 0 Å². The number of hydrogen-bond donors (Lipinski definition) is 0. The summed E-state index contributed by atoms with van der Waals surface area (Å²) in [6.45, 7) is 1.88. The second-order valence-electron chi connectivity index (χ2n) is 7.80. The third-order valence-electron chi connectivity index (χ3n) is 5.25. The van der Waals surface area contributed by atoms with E-state index in [-0.39, 0.29) is 10.9 Å². The molecular weight excluding hydrogens is 462 g/mol. The molecule has 0 bridgehead atoms. The molecule has 4 aromatic carbocycles. The second kappa shape index (κ2) is 9.99. The number of aryl methyl sites for hydroxylation is 1. The molecule has 0 unspecified atom stereocenters. The van der Waals surface area contributed by atoms with Gasteiger partial charge in [-0.15, -0.1) is 0 Å². The van der Waals surface area contributed by atoms with Crippen molar-refractivity contribution in [3.05, 3.63) is 117 Å². The molecule has 0 aliphatic carbocycles. The van der Waals surface area contributed by atoms with Crippen LogP contribution in [0.3, 0.4) is 0 Å². The van der Waals surface area contributed by atoms with Gasteiger partial charge in [-0.2, -0.15) is 0 Å². The van der Waals surface area contributed by atoms with Crippen LogP contribution in [-0.2, 0) is 6.42 Å². The van der Waals surface area contributed by atoms with Gasteiger partial charge in [-0.25, -0.2) is 26.3 Å². The van der Waals surface area contributed by atoms with Crippen LogP contribution in [0.15, 0.2) is 54.6 Å². The van der Waals surface area contributed by atoms with Crippen LogP contribution in [0, 0.1) is 58.6 Å². The number of fused-ring (bicyclic) bond motifs is 1. The molecule has 0 amide bonds. The summed E-state index contributed by atoms with van der Waals surface area (Å²) in [5, 5.41) is 0.438. The molecule has 4 rings (SSSR count). The third kappa shape index (κ3) is 5.18. The number of benzene rings is 4. The minimum atomic E-state index is -1.00. The molecule has 0 N–H and O–H groups in total. The summed E-state index contributed by atoms with van der Waals surface area (Å²) < 4.78 is 84.7. The van der Waals surface area contributed by atoms with Gasteiger partial charge < -0.3 is 0 Å². The van der Waals surface area contributed by atoms with Crippen molar-refractivity contribution in [1.82, 2.24) is 0 Å². The van der Waals surface area contributed by atoms with E-state index in [9.17, 15) is 26.3 Å². The van der Waals surface area contributed by atoms with E-state index in [2.05, 4.69) is 23.7 Å². The first-order valence-electron chi connectivity index (χ1n) is 10.7. The number of hydrogen-bond acceptors (Lipinski definition) is 0. The van der Waals surface area contributed by atoms with Crippen LogP contribution in [0.25, 0.3) is 10.8 Å². The molecule has 0 saturated carbocycles. The van der Waals surface area contributed by atoms with Gasteiger partial charge in [0.1, 0.15) is 23.3 Å². The molecule has 0 nitrogen and oxygen atoms in total. The zero-order valence-corrected chi connectivity index (χ0v) is 18.4. The normalized spacial score (nSPS) is 10.5. The fourth-order valence-corrected chi connectivity index (χ4v) is 3.56. The summed E-state index contributed by atoms with van der Waals surface area (Å²) in [4.78, 5) is 0. The van der Waals surface area contributed by atoms with E-state index in [1.165, 1.54) is 36.4 Å². The van der Waals surface area contributed by atoms with E-state index >= 15 is 0 Å². The third-order valence-corrected chi connectivity index (χ3v) is 5.25. The summed E-state index contributed by atoms with van der Waals surface area (Å²) in [6, 6.07) is 10.8. The highest BCUT2D eigenvalue weighted by Gasteiger charge is 2.11. The van der Waals surface area contributed by atoms with E-state index in [1.54, 1.807) is 0 Å². The first kappa shape index (κ1) is 24.0. The van der Waals surface area contributed by atoms with Gasteiger partial charge >= 0.3 is 0 Å². The minimum Gasteiger partial charge on any atom is -0.206 e. The van der Waals surface area contributed by atoms with Crippen molar-refractivity contribution < 1.29 is 26.3 Å². The lowest BCUT2D eigenvalue weighted by Gasteiger charge is -2.03. The topological polar surface area (TPSA) is 0 Å². The quantitative estimate of drug-likeness (QED) is 0.208. The molecule has 174 valence electrons. The Labute approximate surface area is 198 Å².